The number of fused-ring (bicyclic) bond motifs is 3. The van der Waals surface area contributed by atoms with Crippen molar-refractivity contribution in [3.05, 3.63) is 70.2 Å². The second-order valence-corrected chi connectivity index (χ2v) is 7.70. The molecule has 4 rings (SSSR count). The number of benzene rings is 2. The van der Waals surface area contributed by atoms with Crippen LogP contribution in [0, 0.1) is 0 Å². The van der Waals surface area contributed by atoms with Crippen LogP contribution in [0.4, 0.5) is 0 Å². The lowest BCUT2D eigenvalue weighted by Gasteiger charge is -2.56. The lowest BCUT2D eigenvalue weighted by molar-refractivity contribution is -0.0824. The van der Waals surface area contributed by atoms with E-state index in [2.05, 4.69) is 48.2 Å². The Kier molecular flexibility index (Phi) is 3.95. The molecular formula is C21H24ClNO. The molecule has 0 bridgehead atoms. The third-order valence-electron chi connectivity index (χ3n) is 6.07. The number of nitrogens with zero attached hydrogens (tertiary/aromatic N) is 1. The van der Waals surface area contributed by atoms with Gasteiger partial charge >= 0.3 is 0 Å². The summed E-state index contributed by atoms with van der Waals surface area (Å²) >= 11 is 6.14. The summed E-state index contributed by atoms with van der Waals surface area (Å²) in [5.41, 5.74) is 3.14. The number of rotatable bonds is 2. The summed E-state index contributed by atoms with van der Waals surface area (Å²) in [6.45, 7) is 4.07. The van der Waals surface area contributed by atoms with E-state index < -0.39 is 5.60 Å². The van der Waals surface area contributed by atoms with Gasteiger partial charge in [0.1, 0.15) is 0 Å². The van der Waals surface area contributed by atoms with E-state index in [0.717, 1.165) is 43.8 Å². The highest BCUT2D eigenvalue weighted by Gasteiger charge is 2.51. The molecule has 2 nitrogen and oxygen atoms in total. The average molecular weight is 342 g/mol. The number of halogens is 1. The van der Waals surface area contributed by atoms with E-state index in [9.17, 15) is 5.11 Å². The van der Waals surface area contributed by atoms with Crippen molar-refractivity contribution in [3.8, 4) is 0 Å². The van der Waals surface area contributed by atoms with E-state index in [1.165, 1.54) is 16.7 Å². The van der Waals surface area contributed by atoms with E-state index in [4.69, 9.17) is 11.6 Å². The molecule has 2 unspecified atom stereocenters. The van der Waals surface area contributed by atoms with Crippen LogP contribution in [0.2, 0.25) is 5.02 Å². The molecule has 1 saturated heterocycles. The van der Waals surface area contributed by atoms with Crippen molar-refractivity contribution in [1.82, 2.24) is 4.90 Å². The molecule has 0 amide bonds. The van der Waals surface area contributed by atoms with Gasteiger partial charge in [-0.05, 0) is 48.1 Å². The van der Waals surface area contributed by atoms with Crippen LogP contribution in [0.3, 0.4) is 0 Å². The maximum absolute atomic E-state index is 11.2. The van der Waals surface area contributed by atoms with Gasteiger partial charge in [-0.15, -0.1) is 0 Å². The Balaban J connectivity index is 1.95. The standard InChI is InChI=1S/C21H24ClNO/c1-2-20(24)12-14-23-13-11-16-5-3-4-6-19(16)21(23,15-20)17-7-9-18(22)10-8-17/h3-10,24H,2,11-15H2,1H3. The summed E-state index contributed by atoms with van der Waals surface area (Å²) in [7, 11) is 0. The van der Waals surface area contributed by atoms with Gasteiger partial charge in [-0.3, -0.25) is 4.90 Å². The van der Waals surface area contributed by atoms with Crippen molar-refractivity contribution >= 4 is 11.6 Å². The highest BCUT2D eigenvalue weighted by atomic mass is 35.5. The Morgan fingerprint density at radius 1 is 1.08 bits per heavy atom. The van der Waals surface area contributed by atoms with Gasteiger partial charge < -0.3 is 5.11 Å². The molecule has 0 spiro atoms. The highest BCUT2D eigenvalue weighted by molar-refractivity contribution is 6.30. The van der Waals surface area contributed by atoms with E-state index in [1.807, 2.05) is 12.1 Å². The van der Waals surface area contributed by atoms with E-state index in [0.29, 0.717) is 0 Å². The molecular weight excluding hydrogens is 318 g/mol. The molecule has 24 heavy (non-hydrogen) atoms. The maximum Gasteiger partial charge on any atom is 0.0745 e. The molecule has 1 fully saturated rings. The van der Waals surface area contributed by atoms with Crippen LogP contribution in [0.25, 0.3) is 0 Å². The van der Waals surface area contributed by atoms with Crippen LogP contribution in [-0.2, 0) is 12.0 Å². The van der Waals surface area contributed by atoms with Gasteiger partial charge in [0.05, 0.1) is 11.1 Å². The largest absolute Gasteiger partial charge is 0.390 e. The zero-order valence-electron chi connectivity index (χ0n) is 14.1. The van der Waals surface area contributed by atoms with Gasteiger partial charge in [-0.2, -0.15) is 0 Å². The van der Waals surface area contributed by atoms with Crippen LogP contribution < -0.4 is 0 Å². The number of piperidine rings is 1. The monoisotopic (exact) mass is 341 g/mol. The quantitative estimate of drug-likeness (QED) is 0.876. The van der Waals surface area contributed by atoms with E-state index in [1.54, 1.807) is 0 Å². The molecule has 0 aliphatic carbocycles. The first kappa shape index (κ1) is 16.1. The van der Waals surface area contributed by atoms with Crippen LogP contribution in [-0.4, -0.2) is 28.7 Å². The Labute approximate surface area is 149 Å². The minimum atomic E-state index is -0.611. The summed E-state index contributed by atoms with van der Waals surface area (Å²) in [5.74, 6) is 0. The molecule has 2 aromatic carbocycles. The minimum absolute atomic E-state index is 0.248. The van der Waals surface area contributed by atoms with Crippen molar-refractivity contribution in [2.75, 3.05) is 13.1 Å². The Morgan fingerprint density at radius 3 is 2.58 bits per heavy atom. The van der Waals surface area contributed by atoms with Gasteiger partial charge in [0, 0.05) is 24.5 Å². The van der Waals surface area contributed by atoms with Gasteiger partial charge in [0.2, 0.25) is 0 Å². The number of hydrogen-bond donors (Lipinski definition) is 1. The van der Waals surface area contributed by atoms with Crippen LogP contribution in [0.15, 0.2) is 48.5 Å². The fourth-order valence-corrected chi connectivity index (χ4v) is 4.77. The van der Waals surface area contributed by atoms with Crippen LogP contribution >= 0.6 is 11.6 Å². The first-order chi connectivity index (χ1) is 11.6. The molecule has 0 aromatic heterocycles. The Bertz CT molecular complexity index is 744. The van der Waals surface area contributed by atoms with Gasteiger partial charge in [0.25, 0.3) is 0 Å². The highest BCUT2D eigenvalue weighted by Crippen LogP contribution is 2.50. The third kappa shape index (κ3) is 2.40. The molecule has 2 aliphatic rings. The number of hydrogen-bond acceptors (Lipinski definition) is 2. The molecule has 2 heterocycles. The topological polar surface area (TPSA) is 23.5 Å². The first-order valence-corrected chi connectivity index (χ1v) is 9.27. The maximum atomic E-state index is 11.2. The van der Waals surface area contributed by atoms with Crippen LogP contribution in [0.5, 0.6) is 0 Å². The molecule has 126 valence electrons. The lowest BCUT2D eigenvalue weighted by atomic mass is 9.66. The average Bonchev–Trinajstić information content (AvgIpc) is 2.62. The fourth-order valence-electron chi connectivity index (χ4n) is 4.64. The Morgan fingerprint density at radius 2 is 1.83 bits per heavy atom. The smallest absolute Gasteiger partial charge is 0.0745 e. The first-order valence-electron chi connectivity index (χ1n) is 8.89. The summed E-state index contributed by atoms with van der Waals surface area (Å²) < 4.78 is 0. The predicted octanol–water partition coefficient (Wildman–Crippen LogP) is 4.38. The summed E-state index contributed by atoms with van der Waals surface area (Å²) in [6, 6.07) is 17.0. The SMILES string of the molecule is CCC1(O)CCN2CCc3ccccc3C2(c2ccc(Cl)cc2)C1. The molecule has 2 atom stereocenters. The third-order valence-corrected chi connectivity index (χ3v) is 6.32. The zero-order chi connectivity index (χ0) is 16.8. The normalized spacial score (nSPS) is 29.8. The number of aliphatic hydroxyl groups is 1. The second-order valence-electron chi connectivity index (χ2n) is 7.27. The Hall–Kier alpha value is -1.35. The van der Waals surface area contributed by atoms with Crippen molar-refractivity contribution < 1.29 is 5.11 Å². The van der Waals surface area contributed by atoms with Crippen molar-refractivity contribution in [2.45, 2.75) is 43.7 Å². The summed E-state index contributed by atoms with van der Waals surface area (Å²) in [4.78, 5) is 2.57. The molecule has 0 radical (unpaired) electrons. The van der Waals surface area contributed by atoms with Gasteiger partial charge in [-0.1, -0.05) is 54.9 Å². The molecule has 2 aliphatic heterocycles. The van der Waals surface area contributed by atoms with Gasteiger partial charge in [-0.25, -0.2) is 0 Å². The molecule has 0 saturated carbocycles. The summed E-state index contributed by atoms with van der Waals surface area (Å²) in [6.07, 6.45) is 3.46. The zero-order valence-corrected chi connectivity index (χ0v) is 14.9. The minimum Gasteiger partial charge on any atom is -0.390 e. The van der Waals surface area contributed by atoms with Crippen LogP contribution in [0.1, 0.15) is 42.9 Å². The second kappa shape index (κ2) is 5.87. The van der Waals surface area contributed by atoms with E-state index in [-0.39, 0.29) is 5.54 Å². The van der Waals surface area contributed by atoms with Crippen molar-refractivity contribution in [2.24, 2.45) is 0 Å². The van der Waals surface area contributed by atoms with E-state index >= 15 is 0 Å². The molecule has 3 heteroatoms. The predicted molar refractivity (Wildman–Crippen MR) is 98.4 cm³/mol. The lowest BCUT2D eigenvalue weighted by Crippen LogP contribution is -2.60. The fraction of sp³-hybridized carbons (Fsp3) is 0.429. The summed E-state index contributed by atoms with van der Waals surface area (Å²) in [5, 5.41) is 11.9. The van der Waals surface area contributed by atoms with Gasteiger partial charge in [0.15, 0.2) is 0 Å². The van der Waals surface area contributed by atoms with Crippen molar-refractivity contribution in [1.29, 1.82) is 0 Å². The molecule has 2 aromatic rings. The molecule has 1 N–H and O–H groups in total. The van der Waals surface area contributed by atoms with Crippen molar-refractivity contribution in [3.63, 3.8) is 0 Å².